The van der Waals surface area contributed by atoms with E-state index in [1.165, 1.54) is 5.56 Å². The highest BCUT2D eigenvalue weighted by Crippen LogP contribution is 2.10. The standard InChI is InChI=1S/C15H15NO/c1-3-14(10-9-13(2)17-12-16)11-15-7-5-4-6-8-15/h3-10H,2,11H2,1H3/b10-9-,14-3+. The van der Waals surface area contributed by atoms with Gasteiger partial charge in [-0.05, 0) is 30.6 Å². The van der Waals surface area contributed by atoms with E-state index in [1.807, 2.05) is 37.3 Å². The van der Waals surface area contributed by atoms with Crippen LogP contribution in [0, 0.1) is 11.5 Å². The number of benzene rings is 1. The highest BCUT2D eigenvalue weighted by molar-refractivity contribution is 5.30. The second kappa shape index (κ2) is 7.08. The van der Waals surface area contributed by atoms with E-state index in [2.05, 4.69) is 23.4 Å². The Hall–Kier alpha value is -2.27. The fraction of sp³-hybridized carbons (Fsp3) is 0.133. The van der Waals surface area contributed by atoms with Gasteiger partial charge in [-0.25, -0.2) is 0 Å². The van der Waals surface area contributed by atoms with Crippen molar-refractivity contribution in [1.29, 1.82) is 5.26 Å². The van der Waals surface area contributed by atoms with Crippen LogP contribution in [0.5, 0.6) is 0 Å². The maximum absolute atomic E-state index is 8.31. The van der Waals surface area contributed by atoms with Crippen LogP contribution in [-0.4, -0.2) is 0 Å². The number of nitriles is 1. The van der Waals surface area contributed by atoms with Crippen molar-refractivity contribution in [3.63, 3.8) is 0 Å². The molecule has 0 fully saturated rings. The largest absolute Gasteiger partial charge is 0.389 e. The van der Waals surface area contributed by atoms with E-state index in [9.17, 15) is 0 Å². The summed E-state index contributed by atoms with van der Waals surface area (Å²) in [4.78, 5) is 0. The second-order valence-electron chi connectivity index (χ2n) is 3.52. The van der Waals surface area contributed by atoms with Gasteiger partial charge in [-0.15, -0.1) is 5.26 Å². The van der Waals surface area contributed by atoms with E-state index in [1.54, 1.807) is 12.3 Å². The smallest absolute Gasteiger partial charge is 0.292 e. The van der Waals surface area contributed by atoms with Crippen molar-refractivity contribution in [2.24, 2.45) is 0 Å². The van der Waals surface area contributed by atoms with Gasteiger partial charge >= 0.3 is 0 Å². The lowest BCUT2D eigenvalue weighted by Crippen LogP contribution is -1.87. The van der Waals surface area contributed by atoms with Crippen molar-refractivity contribution >= 4 is 0 Å². The third-order valence-corrected chi connectivity index (χ3v) is 2.28. The summed E-state index contributed by atoms with van der Waals surface area (Å²) in [5.74, 6) is 0.347. The van der Waals surface area contributed by atoms with E-state index in [0.29, 0.717) is 5.76 Å². The minimum absolute atomic E-state index is 0.347. The van der Waals surface area contributed by atoms with Crippen LogP contribution in [0.15, 0.2) is 66.5 Å². The molecule has 2 nitrogen and oxygen atoms in total. The quantitative estimate of drug-likeness (QED) is 0.434. The first kappa shape index (κ1) is 12.8. The topological polar surface area (TPSA) is 33.0 Å². The molecule has 0 bridgehead atoms. The van der Waals surface area contributed by atoms with Gasteiger partial charge in [0.05, 0.1) is 0 Å². The fourth-order valence-corrected chi connectivity index (χ4v) is 1.38. The van der Waals surface area contributed by atoms with Gasteiger partial charge in [-0.3, -0.25) is 0 Å². The molecule has 1 rings (SSSR count). The highest BCUT2D eigenvalue weighted by atomic mass is 16.5. The van der Waals surface area contributed by atoms with E-state index in [4.69, 9.17) is 5.26 Å². The average Bonchev–Trinajstić information content (AvgIpc) is 2.36. The third kappa shape index (κ3) is 4.85. The molecule has 0 aromatic heterocycles. The Labute approximate surface area is 102 Å². The molecule has 0 aliphatic rings. The molecule has 0 amide bonds. The van der Waals surface area contributed by atoms with Crippen molar-refractivity contribution in [2.45, 2.75) is 13.3 Å². The first-order chi connectivity index (χ1) is 8.26. The summed E-state index contributed by atoms with van der Waals surface area (Å²) in [7, 11) is 0. The summed E-state index contributed by atoms with van der Waals surface area (Å²) in [5.41, 5.74) is 2.40. The summed E-state index contributed by atoms with van der Waals surface area (Å²) in [6, 6.07) is 10.2. The number of rotatable bonds is 5. The predicted molar refractivity (Wildman–Crippen MR) is 68.9 cm³/mol. The van der Waals surface area contributed by atoms with Crippen LogP contribution in [0.4, 0.5) is 0 Å². The molecule has 0 unspecified atom stereocenters. The zero-order valence-electron chi connectivity index (χ0n) is 9.89. The van der Waals surface area contributed by atoms with Gasteiger partial charge in [0.15, 0.2) is 0 Å². The van der Waals surface area contributed by atoms with Crippen molar-refractivity contribution in [1.82, 2.24) is 0 Å². The van der Waals surface area contributed by atoms with Gasteiger partial charge in [0.1, 0.15) is 5.76 Å². The van der Waals surface area contributed by atoms with Gasteiger partial charge in [0, 0.05) is 0 Å². The van der Waals surface area contributed by atoms with Crippen LogP contribution in [0.25, 0.3) is 0 Å². The maximum atomic E-state index is 8.31. The Bertz CT molecular complexity index is 463. The lowest BCUT2D eigenvalue weighted by Gasteiger charge is -2.02. The fourth-order valence-electron chi connectivity index (χ4n) is 1.38. The van der Waals surface area contributed by atoms with Crippen molar-refractivity contribution in [2.75, 3.05) is 0 Å². The van der Waals surface area contributed by atoms with E-state index in [-0.39, 0.29) is 0 Å². The average molecular weight is 225 g/mol. The molecule has 0 saturated carbocycles. The van der Waals surface area contributed by atoms with E-state index < -0.39 is 0 Å². The first-order valence-corrected chi connectivity index (χ1v) is 5.38. The zero-order chi connectivity index (χ0) is 12.5. The van der Waals surface area contributed by atoms with Crippen LogP contribution in [0.3, 0.4) is 0 Å². The predicted octanol–water partition coefficient (Wildman–Crippen LogP) is 3.74. The molecule has 0 N–H and O–H groups in total. The van der Waals surface area contributed by atoms with Crippen LogP contribution >= 0.6 is 0 Å². The number of ether oxygens (including phenoxy) is 1. The second-order valence-corrected chi connectivity index (χ2v) is 3.52. The molecule has 86 valence electrons. The number of nitrogens with zero attached hydrogens (tertiary/aromatic N) is 1. The maximum Gasteiger partial charge on any atom is 0.292 e. The molecule has 0 atom stereocenters. The van der Waals surface area contributed by atoms with Crippen molar-refractivity contribution in [3.05, 3.63) is 72.0 Å². The van der Waals surface area contributed by atoms with Crippen LogP contribution in [0.1, 0.15) is 12.5 Å². The van der Waals surface area contributed by atoms with Crippen LogP contribution < -0.4 is 0 Å². The van der Waals surface area contributed by atoms with Crippen molar-refractivity contribution < 1.29 is 4.74 Å². The summed E-state index contributed by atoms with van der Waals surface area (Å²) >= 11 is 0. The summed E-state index contributed by atoms with van der Waals surface area (Å²) in [6.07, 6.45) is 8.08. The van der Waals surface area contributed by atoms with Gasteiger partial charge < -0.3 is 4.74 Å². The molecular weight excluding hydrogens is 210 g/mol. The summed E-state index contributed by atoms with van der Waals surface area (Å²) < 4.78 is 4.58. The number of allylic oxidation sites excluding steroid dienone is 4. The number of hydrogen-bond donors (Lipinski definition) is 0. The third-order valence-electron chi connectivity index (χ3n) is 2.28. The lowest BCUT2D eigenvalue weighted by atomic mass is 10.0. The molecule has 0 heterocycles. The monoisotopic (exact) mass is 225 g/mol. The summed E-state index contributed by atoms with van der Waals surface area (Å²) in [5, 5.41) is 8.31. The Morgan fingerprint density at radius 1 is 1.35 bits per heavy atom. The van der Waals surface area contributed by atoms with E-state index in [0.717, 1.165) is 12.0 Å². The molecule has 1 aromatic carbocycles. The molecule has 0 spiro atoms. The SMILES string of the molecule is C=C(/C=C\C(=C/C)Cc1ccccc1)OC#N. The van der Waals surface area contributed by atoms with Crippen LogP contribution in [-0.2, 0) is 11.2 Å². The van der Waals surface area contributed by atoms with Gasteiger partial charge in [-0.1, -0.05) is 49.1 Å². The van der Waals surface area contributed by atoms with Gasteiger partial charge in [0.2, 0.25) is 0 Å². The minimum atomic E-state index is 0.347. The molecular formula is C15H15NO. The van der Waals surface area contributed by atoms with Crippen molar-refractivity contribution in [3.8, 4) is 6.26 Å². The van der Waals surface area contributed by atoms with Gasteiger partial charge in [0.25, 0.3) is 6.26 Å². The van der Waals surface area contributed by atoms with Crippen LogP contribution in [0.2, 0.25) is 0 Å². The highest BCUT2D eigenvalue weighted by Gasteiger charge is 1.95. The summed E-state index contributed by atoms with van der Waals surface area (Å²) in [6.45, 7) is 5.58. The van der Waals surface area contributed by atoms with Gasteiger partial charge in [-0.2, -0.15) is 0 Å². The van der Waals surface area contributed by atoms with E-state index >= 15 is 0 Å². The minimum Gasteiger partial charge on any atom is -0.389 e. The normalized spacial score (nSPS) is 11.2. The molecule has 0 saturated heterocycles. The molecule has 1 aromatic rings. The Morgan fingerprint density at radius 2 is 2.06 bits per heavy atom. The Kier molecular flexibility index (Phi) is 5.33. The zero-order valence-corrected chi connectivity index (χ0v) is 9.89. The Morgan fingerprint density at radius 3 is 2.65 bits per heavy atom. The molecule has 2 heteroatoms. The molecule has 0 aliphatic heterocycles. The first-order valence-electron chi connectivity index (χ1n) is 5.38. The molecule has 0 aliphatic carbocycles. The molecule has 17 heavy (non-hydrogen) atoms. The Balaban J connectivity index is 2.63. The lowest BCUT2D eigenvalue weighted by molar-refractivity contribution is 0.395. The number of hydrogen-bond acceptors (Lipinski definition) is 2. The molecule has 0 radical (unpaired) electrons.